The molecule has 0 amide bonds. The highest BCUT2D eigenvalue weighted by molar-refractivity contribution is 7.80. The Morgan fingerprint density at radius 2 is 1.62 bits per heavy atom. The highest BCUT2D eigenvalue weighted by Crippen LogP contribution is 2.23. The van der Waals surface area contributed by atoms with Gasteiger partial charge in [0, 0.05) is 18.0 Å². The number of anilines is 1. The Kier molecular flexibility index (Phi) is 5.12. The number of hydrogen-bond acceptors (Lipinski definition) is 4. The quantitative estimate of drug-likeness (QED) is 0.685. The van der Waals surface area contributed by atoms with Gasteiger partial charge in [0.2, 0.25) is 0 Å². The van der Waals surface area contributed by atoms with E-state index in [0.29, 0.717) is 13.1 Å². The molecule has 1 aromatic carbocycles. The maximum atomic E-state index is 9.44. The SMILES string of the molecule is CC(O)CN(CC(C)O)c1ccccc1S. The monoisotopic (exact) mass is 241 g/mol. The molecule has 4 heteroatoms. The Morgan fingerprint density at radius 1 is 1.12 bits per heavy atom. The van der Waals surface area contributed by atoms with E-state index in [1.165, 1.54) is 0 Å². The molecule has 0 aliphatic heterocycles. The molecule has 0 aliphatic rings. The van der Waals surface area contributed by atoms with Crippen LogP contribution in [0.2, 0.25) is 0 Å². The third kappa shape index (κ3) is 4.04. The van der Waals surface area contributed by atoms with Crippen LogP contribution in [0.15, 0.2) is 29.2 Å². The predicted molar refractivity (Wildman–Crippen MR) is 69.3 cm³/mol. The molecule has 0 radical (unpaired) electrons. The Balaban J connectivity index is 2.87. The molecule has 0 saturated heterocycles. The molecule has 0 aliphatic carbocycles. The first-order chi connectivity index (χ1) is 7.50. The fraction of sp³-hybridized carbons (Fsp3) is 0.500. The van der Waals surface area contributed by atoms with Crippen LogP contribution >= 0.6 is 12.6 Å². The molecule has 3 nitrogen and oxygen atoms in total. The molecular formula is C12H19NO2S. The van der Waals surface area contributed by atoms with E-state index >= 15 is 0 Å². The highest BCUT2D eigenvalue weighted by atomic mass is 32.1. The number of aliphatic hydroxyl groups excluding tert-OH is 2. The van der Waals surface area contributed by atoms with Gasteiger partial charge in [0.1, 0.15) is 0 Å². The number of benzene rings is 1. The Hall–Kier alpha value is -0.710. The minimum absolute atomic E-state index is 0.438. The third-order valence-electron chi connectivity index (χ3n) is 2.19. The molecule has 2 unspecified atom stereocenters. The summed E-state index contributed by atoms with van der Waals surface area (Å²) in [6, 6.07) is 7.67. The molecule has 0 saturated carbocycles. The second kappa shape index (κ2) is 6.13. The van der Waals surface area contributed by atoms with Crippen LogP contribution in [0.3, 0.4) is 0 Å². The number of para-hydroxylation sites is 1. The van der Waals surface area contributed by atoms with Crippen LogP contribution in [0, 0.1) is 0 Å². The molecule has 1 rings (SSSR count). The number of aliphatic hydroxyl groups is 2. The molecule has 16 heavy (non-hydrogen) atoms. The van der Waals surface area contributed by atoms with Gasteiger partial charge < -0.3 is 15.1 Å². The molecular weight excluding hydrogens is 222 g/mol. The molecule has 0 heterocycles. The standard InChI is InChI=1S/C12H19NO2S/c1-9(14)7-13(8-10(2)15)11-5-3-4-6-12(11)16/h3-6,9-10,14-16H,7-8H2,1-2H3. The highest BCUT2D eigenvalue weighted by Gasteiger charge is 2.13. The van der Waals surface area contributed by atoms with Crippen molar-refractivity contribution in [2.24, 2.45) is 0 Å². The summed E-state index contributed by atoms with van der Waals surface area (Å²) in [6.07, 6.45) is -0.877. The molecule has 2 atom stereocenters. The van der Waals surface area contributed by atoms with Crippen LogP contribution in [0.4, 0.5) is 5.69 Å². The van der Waals surface area contributed by atoms with Crippen molar-refractivity contribution in [3.05, 3.63) is 24.3 Å². The van der Waals surface area contributed by atoms with Gasteiger partial charge in [-0.15, -0.1) is 12.6 Å². The minimum atomic E-state index is -0.438. The largest absolute Gasteiger partial charge is 0.392 e. The summed E-state index contributed by atoms with van der Waals surface area (Å²) in [4.78, 5) is 2.79. The van der Waals surface area contributed by atoms with E-state index in [1.807, 2.05) is 29.2 Å². The Labute approximate surface area is 102 Å². The van der Waals surface area contributed by atoms with E-state index < -0.39 is 12.2 Å². The number of thiol groups is 1. The smallest absolute Gasteiger partial charge is 0.0687 e. The molecule has 0 spiro atoms. The van der Waals surface area contributed by atoms with E-state index in [0.717, 1.165) is 10.6 Å². The van der Waals surface area contributed by atoms with Crippen LogP contribution in [-0.4, -0.2) is 35.5 Å². The first kappa shape index (κ1) is 13.4. The van der Waals surface area contributed by atoms with Gasteiger partial charge in [-0.3, -0.25) is 0 Å². The average Bonchev–Trinajstić information content (AvgIpc) is 2.15. The molecule has 90 valence electrons. The normalized spacial score (nSPS) is 14.6. The lowest BCUT2D eigenvalue weighted by atomic mass is 10.2. The van der Waals surface area contributed by atoms with Crippen molar-refractivity contribution in [2.45, 2.75) is 31.0 Å². The lowest BCUT2D eigenvalue weighted by Gasteiger charge is -2.28. The number of rotatable bonds is 5. The summed E-state index contributed by atoms with van der Waals surface area (Å²) in [5.41, 5.74) is 0.938. The van der Waals surface area contributed by atoms with Crippen molar-refractivity contribution in [2.75, 3.05) is 18.0 Å². The van der Waals surface area contributed by atoms with Crippen molar-refractivity contribution >= 4 is 18.3 Å². The summed E-state index contributed by atoms with van der Waals surface area (Å²) in [7, 11) is 0. The summed E-state index contributed by atoms with van der Waals surface area (Å²) >= 11 is 4.38. The Bertz CT molecular complexity index is 319. The van der Waals surface area contributed by atoms with Crippen molar-refractivity contribution < 1.29 is 10.2 Å². The fourth-order valence-corrected chi connectivity index (χ4v) is 1.94. The average molecular weight is 241 g/mol. The van der Waals surface area contributed by atoms with Crippen molar-refractivity contribution in [3.63, 3.8) is 0 Å². The first-order valence-electron chi connectivity index (χ1n) is 5.39. The summed E-state index contributed by atoms with van der Waals surface area (Å²) in [5, 5.41) is 18.9. The molecule has 0 aromatic heterocycles. The van der Waals surface area contributed by atoms with E-state index in [1.54, 1.807) is 13.8 Å². The van der Waals surface area contributed by atoms with Crippen LogP contribution in [0.1, 0.15) is 13.8 Å². The van der Waals surface area contributed by atoms with Crippen molar-refractivity contribution in [3.8, 4) is 0 Å². The van der Waals surface area contributed by atoms with E-state index in [-0.39, 0.29) is 0 Å². The zero-order valence-electron chi connectivity index (χ0n) is 9.67. The Morgan fingerprint density at radius 3 is 2.06 bits per heavy atom. The molecule has 0 bridgehead atoms. The zero-order valence-corrected chi connectivity index (χ0v) is 10.6. The van der Waals surface area contributed by atoms with Gasteiger partial charge in [-0.2, -0.15) is 0 Å². The molecule has 1 aromatic rings. The predicted octanol–water partition coefficient (Wildman–Crippen LogP) is 1.54. The summed E-state index contributed by atoms with van der Waals surface area (Å²) in [6.45, 7) is 4.44. The maximum absolute atomic E-state index is 9.44. The van der Waals surface area contributed by atoms with Gasteiger partial charge in [-0.05, 0) is 26.0 Å². The van der Waals surface area contributed by atoms with Gasteiger partial charge >= 0.3 is 0 Å². The van der Waals surface area contributed by atoms with Gasteiger partial charge in [-0.1, -0.05) is 12.1 Å². The lowest BCUT2D eigenvalue weighted by molar-refractivity contribution is 0.178. The van der Waals surface area contributed by atoms with Gasteiger partial charge in [0.05, 0.1) is 17.9 Å². The number of hydrogen-bond donors (Lipinski definition) is 3. The second-order valence-electron chi connectivity index (χ2n) is 4.09. The van der Waals surface area contributed by atoms with Crippen molar-refractivity contribution in [1.82, 2.24) is 0 Å². The van der Waals surface area contributed by atoms with Crippen LogP contribution in [-0.2, 0) is 0 Å². The van der Waals surface area contributed by atoms with E-state index in [4.69, 9.17) is 0 Å². The van der Waals surface area contributed by atoms with Gasteiger partial charge in [0.15, 0.2) is 0 Å². The third-order valence-corrected chi connectivity index (χ3v) is 2.57. The van der Waals surface area contributed by atoms with E-state index in [9.17, 15) is 10.2 Å². The van der Waals surface area contributed by atoms with Crippen LogP contribution in [0.25, 0.3) is 0 Å². The fourth-order valence-electron chi connectivity index (χ4n) is 1.64. The maximum Gasteiger partial charge on any atom is 0.0687 e. The van der Waals surface area contributed by atoms with Gasteiger partial charge in [-0.25, -0.2) is 0 Å². The lowest BCUT2D eigenvalue weighted by Crippen LogP contribution is -2.36. The van der Waals surface area contributed by atoms with Crippen LogP contribution in [0.5, 0.6) is 0 Å². The molecule has 0 fully saturated rings. The molecule has 2 N–H and O–H groups in total. The zero-order chi connectivity index (χ0) is 12.1. The second-order valence-corrected chi connectivity index (χ2v) is 4.57. The van der Waals surface area contributed by atoms with Crippen LogP contribution < -0.4 is 4.90 Å². The summed E-state index contributed by atoms with van der Waals surface area (Å²) in [5.74, 6) is 0. The first-order valence-corrected chi connectivity index (χ1v) is 5.84. The van der Waals surface area contributed by atoms with E-state index in [2.05, 4.69) is 12.6 Å². The minimum Gasteiger partial charge on any atom is -0.392 e. The summed E-state index contributed by atoms with van der Waals surface area (Å²) < 4.78 is 0. The number of nitrogens with zero attached hydrogens (tertiary/aromatic N) is 1. The van der Waals surface area contributed by atoms with Gasteiger partial charge in [0.25, 0.3) is 0 Å². The topological polar surface area (TPSA) is 43.7 Å². The van der Waals surface area contributed by atoms with Crippen molar-refractivity contribution in [1.29, 1.82) is 0 Å².